The standard InChI is InChI=1S/C12H11FN2O2/c1-2-11-14-5-6-15(11)10-4-3-8(13)7-9(10)12(16)17/h3-7H,2H2,1H3,(H,16,17). The Morgan fingerprint density at radius 2 is 2.29 bits per heavy atom. The predicted molar refractivity (Wildman–Crippen MR) is 59.9 cm³/mol. The molecule has 0 saturated carbocycles. The van der Waals surface area contributed by atoms with Gasteiger partial charge in [-0.15, -0.1) is 0 Å². The number of carboxylic acid groups (broad SMARTS) is 1. The van der Waals surface area contributed by atoms with E-state index in [0.717, 1.165) is 11.9 Å². The van der Waals surface area contributed by atoms with E-state index in [1.807, 2.05) is 6.92 Å². The van der Waals surface area contributed by atoms with Gasteiger partial charge in [-0.1, -0.05) is 6.92 Å². The molecule has 4 nitrogen and oxygen atoms in total. The van der Waals surface area contributed by atoms with Crippen molar-refractivity contribution >= 4 is 5.97 Å². The van der Waals surface area contributed by atoms with Gasteiger partial charge in [0.2, 0.25) is 0 Å². The highest BCUT2D eigenvalue weighted by molar-refractivity contribution is 5.92. The van der Waals surface area contributed by atoms with Crippen molar-refractivity contribution in [3.05, 3.63) is 47.8 Å². The first kappa shape index (κ1) is 11.3. The van der Waals surface area contributed by atoms with Gasteiger partial charge in [0, 0.05) is 18.8 Å². The summed E-state index contributed by atoms with van der Waals surface area (Å²) in [7, 11) is 0. The summed E-state index contributed by atoms with van der Waals surface area (Å²) in [6.45, 7) is 1.92. The number of carboxylic acids is 1. The van der Waals surface area contributed by atoms with Crippen LogP contribution in [0.15, 0.2) is 30.6 Å². The molecule has 0 aliphatic carbocycles. The fourth-order valence-corrected chi connectivity index (χ4v) is 1.70. The van der Waals surface area contributed by atoms with Crippen molar-refractivity contribution in [3.63, 3.8) is 0 Å². The number of nitrogens with zero attached hydrogens (tertiary/aromatic N) is 2. The third-order valence-corrected chi connectivity index (χ3v) is 2.48. The van der Waals surface area contributed by atoms with Gasteiger partial charge in [0.05, 0.1) is 11.3 Å². The highest BCUT2D eigenvalue weighted by atomic mass is 19.1. The second-order valence-electron chi connectivity index (χ2n) is 3.53. The van der Waals surface area contributed by atoms with Crippen molar-refractivity contribution in [3.8, 4) is 5.69 Å². The average molecular weight is 234 g/mol. The van der Waals surface area contributed by atoms with E-state index < -0.39 is 11.8 Å². The Labute approximate surface area is 97.3 Å². The molecule has 0 atom stereocenters. The number of aromatic carboxylic acids is 1. The second kappa shape index (κ2) is 4.37. The van der Waals surface area contributed by atoms with E-state index in [4.69, 9.17) is 5.11 Å². The first-order chi connectivity index (χ1) is 8.13. The van der Waals surface area contributed by atoms with Crippen LogP contribution in [0.5, 0.6) is 0 Å². The lowest BCUT2D eigenvalue weighted by Gasteiger charge is -2.09. The van der Waals surface area contributed by atoms with Crippen LogP contribution in [0, 0.1) is 5.82 Å². The molecule has 0 amide bonds. The van der Waals surface area contributed by atoms with Crippen LogP contribution in [0.3, 0.4) is 0 Å². The molecule has 0 saturated heterocycles. The van der Waals surface area contributed by atoms with Gasteiger partial charge in [-0.25, -0.2) is 14.2 Å². The Hall–Kier alpha value is -2.17. The number of aryl methyl sites for hydroxylation is 1. The summed E-state index contributed by atoms with van der Waals surface area (Å²) in [5.74, 6) is -0.987. The van der Waals surface area contributed by atoms with E-state index in [2.05, 4.69) is 4.98 Å². The van der Waals surface area contributed by atoms with Crippen LogP contribution in [-0.2, 0) is 6.42 Å². The van der Waals surface area contributed by atoms with E-state index in [1.54, 1.807) is 17.0 Å². The molecule has 1 heterocycles. The highest BCUT2D eigenvalue weighted by Crippen LogP contribution is 2.18. The Bertz CT molecular complexity index is 563. The smallest absolute Gasteiger partial charge is 0.337 e. The molecule has 1 N–H and O–H groups in total. The Morgan fingerprint density at radius 3 is 2.94 bits per heavy atom. The van der Waals surface area contributed by atoms with E-state index in [1.165, 1.54) is 12.1 Å². The molecule has 2 aromatic rings. The van der Waals surface area contributed by atoms with Crippen LogP contribution in [0.4, 0.5) is 4.39 Å². The van der Waals surface area contributed by atoms with Gasteiger partial charge in [0.15, 0.2) is 0 Å². The van der Waals surface area contributed by atoms with Gasteiger partial charge in [0.25, 0.3) is 0 Å². The summed E-state index contributed by atoms with van der Waals surface area (Å²) in [6.07, 6.45) is 3.93. The fraction of sp³-hybridized carbons (Fsp3) is 0.167. The van der Waals surface area contributed by atoms with Gasteiger partial charge in [-0.2, -0.15) is 0 Å². The zero-order valence-corrected chi connectivity index (χ0v) is 9.22. The van der Waals surface area contributed by atoms with E-state index in [-0.39, 0.29) is 5.56 Å². The SMILES string of the molecule is CCc1nccn1-c1ccc(F)cc1C(=O)O. The molecule has 88 valence electrons. The largest absolute Gasteiger partial charge is 0.478 e. The molecular formula is C12H11FN2O2. The van der Waals surface area contributed by atoms with Crippen LogP contribution in [0.25, 0.3) is 5.69 Å². The normalized spacial score (nSPS) is 10.5. The van der Waals surface area contributed by atoms with E-state index in [9.17, 15) is 9.18 Å². The number of imidazole rings is 1. The minimum absolute atomic E-state index is 0.0716. The second-order valence-corrected chi connectivity index (χ2v) is 3.53. The molecule has 1 aromatic carbocycles. The van der Waals surface area contributed by atoms with Crippen molar-refractivity contribution < 1.29 is 14.3 Å². The topological polar surface area (TPSA) is 55.1 Å². The van der Waals surface area contributed by atoms with Crippen LogP contribution >= 0.6 is 0 Å². The maximum absolute atomic E-state index is 13.0. The number of aromatic nitrogens is 2. The molecular weight excluding hydrogens is 223 g/mol. The quantitative estimate of drug-likeness (QED) is 0.886. The van der Waals surface area contributed by atoms with E-state index >= 15 is 0 Å². The van der Waals surface area contributed by atoms with Crippen molar-refractivity contribution in [2.45, 2.75) is 13.3 Å². The van der Waals surface area contributed by atoms with Crippen molar-refractivity contribution in [1.82, 2.24) is 9.55 Å². The molecule has 5 heteroatoms. The van der Waals surface area contributed by atoms with Gasteiger partial charge < -0.3 is 9.67 Å². The van der Waals surface area contributed by atoms with E-state index in [0.29, 0.717) is 12.1 Å². The molecule has 0 unspecified atom stereocenters. The lowest BCUT2D eigenvalue weighted by Crippen LogP contribution is -2.07. The van der Waals surface area contributed by atoms with Gasteiger partial charge in [-0.3, -0.25) is 0 Å². The number of rotatable bonds is 3. The molecule has 0 radical (unpaired) electrons. The lowest BCUT2D eigenvalue weighted by atomic mass is 10.1. The number of hydrogen-bond acceptors (Lipinski definition) is 2. The molecule has 0 spiro atoms. The Balaban J connectivity index is 2.63. The maximum Gasteiger partial charge on any atom is 0.337 e. The van der Waals surface area contributed by atoms with Gasteiger partial charge in [-0.05, 0) is 18.2 Å². The fourth-order valence-electron chi connectivity index (χ4n) is 1.70. The molecule has 0 fully saturated rings. The zero-order valence-electron chi connectivity index (χ0n) is 9.22. The monoisotopic (exact) mass is 234 g/mol. The molecule has 17 heavy (non-hydrogen) atoms. The zero-order chi connectivity index (χ0) is 12.4. The maximum atomic E-state index is 13.0. The first-order valence-electron chi connectivity index (χ1n) is 5.19. The lowest BCUT2D eigenvalue weighted by molar-refractivity contribution is 0.0696. The first-order valence-corrected chi connectivity index (χ1v) is 5.19. The van der Waals surface area contributed by atoms with Crippen LogP contribution < -0.4 is 0 Å². The minimum Gasteiger partial charge on any atom is -0.478 e. The Morgan fingerprint density at radius 1 is 1.53 bits per heavy atom. The van der Waals surface area contributed by atoms with Crippen LogP contribution in [-0.4, -0.2) is 20.6 Å². The summed E-state index contributed by atoms with van der Waals surface area (Å²) in [5, 5.41) is 9.05. The third-order valence-electron chi connectivity index (χ3n) is 2.48. The molecule has 0 bridgehead atoms. The number of halogens is 1. The predicted octanol–water partition coefficient (Wildman–Crippen LogP) is 2.27. The highest BCUT2D eigenvalue weighted by Gasteiger charge is 2.14. The summed E-state index contributed by atoms with van der Waals surface area (Å²) < 4.78 is 14.7. The Kier molecular flexibility index (Phi) is 2.91. The van der Waals surface area contributed by atoms with Crippen molar-refractivity contribution in [2.24, 2.45) is 0 Å². The average Bonchev–Trinajstić information content (AvgIpc) is 2.76. The van der Waals surface area contributed by atoms with Crippen molar-refractivity contribution in [1.29, 1.82) is 0 Å². The summed E-state index contributed by atoms with van der Waals surface area (Å²) in [5.41, 5.74) is 0.353. The van der Waals surface area contributed by atoms with Crippen molar-refractivity contribution in [2.75, 3.05) is 0 Å². The number of hydrogen-bond donors (Lipinski definition) is 1. The van der Waals surface area contributed by atoms with Crippen LogP contribution in [0.1, 0.15) is 23.1 Å². The number of benzene rings is 1. The summed E-state index contributed by atoms with van der Waals surface area (Å²) in [6, 6.07) is 3.69. The number of carbonyl (C=O) groups is 1. The van der Waals surface area contributed by atoms with Gasteiger partial charge in [0.1, 0.15) is 11.6 Å². The molecule has 2 rings (SSSR count). The summed E-state index contributed by atoms with van der Waals surface area (Å²) >= 11 is 0. The third kappa shape index (κ3) is 2.04. The minimum atomic E-state index is -1.16. The van der Waals surface area contributed by atoms with Gasteiger partial charge >= 0.3 is 5.97 Å². The molecule has 0 aliphatic heterocycles. The molecule has 1 aromatic heterocycles. The summed E-state index contributed by atoms with van der Waals surface area (Å²) in [4.78, 5) is 15.2. The van der Waals surface area contributed by atoms with Crippen LogP contribution in [0.2, 0.25) is 0 Å². The molecule has 0 aliphatic rings.